The number of carbonyl (C=O) groups is 1. The van der Waals surface area contributed by atoms with Crippen molar-refractivity contribution in [3.63, 3.8) is 0 Å². The fraction of sp³-hybridized carbons (Fsp3) is 0.562. The Morgan fingerprint density at radius 2 is 2.00 bits per heavy atom. The summed E-state index contributed by atoms with van der Waals surface area (Å²) in [7, 11) is 0. The van der Waals surface area contributed by atoms with Crippen molar-refractivity contribution in [1.29, 1.82) is 0 Å². The number of benzene rings is 1. The largest absolute Gasteiger partial charge is 0.477 e. The van der Waals surface area contributed by atoms with Crippen LogP contribution in [0.5, 0.6) is 5.75 Å². The van der Waals surface area contributed by atoms with Gasteiger partial charge in [-0.2, -0.15) is 0 Å². The average molecular weight is 306 g/mol. The van der Waals surface area contributed by atoms with E-state index in [-0.39, 0.29) is 24.0 Å². The van der Waals surface area contributed by atoms with Gasteiger partial charge in [0.15, 0.2) is 12.4 Å². The fourth-order valence-corrected chi connectivity index (χ4v) is 2.99. The second-order valence-electron chi connectivity index (χ2n) is 6.26. The van der Waals surface area contributed by atoms with Gasteiger partial charge in [0.2, 0.25) is 0 Å². The molecule has 2 atom stereocenters. The Hall–Kier alpha value is -2.11. The van der Waals surface area contributed by atoms with E-state index in [1.165, 1.54) is 6.07 Å². The molecule has 0 saturated carbocycles. The predicted molar refractivity (Wildman–Crippen MR) is 82.9 cm³/mol. The lowest BCUT2D eigenvalue weighted by atomic mass is 9.92. The molecule has 1 aromatic carbocycles. The van der Waals surface area contributed by atoms with Gasteiger partial charge in [-0.25, -0.2) is 0 Å². The third kappa shape index (κ3) is 3.96. The maximum atomic E-state index is 12.2. The zero-order valence-corrected chi connectivity index (χ0v) is 13.2. The summed E-state index contributed by atoms with van der Waals surface area (Å²) in [5.41, 5.74) is 0.678. The van der Waals surface area contributed by atoms with Crippen molar-refractivity contribution >= 4 is 11.6 Å². The highest BCUT2D eigenvalue weighted by molar-refractivity contribution is 5.78. The van der Waals surface area contributed by atoms with E-state index < -0.39 is 4.92 Å². The molecule has 0 bridgehead atoms. The van der Waals surface area contributed by atoms with Gasteiger partial charge in [0.25, 0.3) is 5.91 Å². The molecule has 1 fully saturated rings. The first kappa shape index (κ1) is 16.3. The third-order valence-corrected chi connectivity index (χ3v) is 3.88. The maximum absolute atomic E-state index is 12.2. The number of nitrogens with zero attached hydrogens (tertiary/aromatic N) is 2. The number of rotatable bonds is 4. The van der Waals surface area contributed by atoms with E-state index in [4.69, 9.17) is 4.74 Å². The minimum absolute atomic E-state index is 0.104. The van der Waals surface area contributed by atoms with E-state index in [1.54, 1.807) is 24.0 Å². The first-order valence-electron chi connectivity index (χ1n) is 7.52. The minimum atomic E-state index is -0.488. The zero-order valence-electron chi connectivity index (χ0n) is 13.2. The quantitative estimate of drug-likeness (QED) is 0.633. The van der Waals surface area contributed by atoms with Crippen molar-refractivity contribution in [3.05, 3.63) is 33.9 Å². The molecular weight excluding hydrogens is 284 g/mol. The Kier molecular flexibility index (Phi) is 5.00. The molecule has 0 radical (unpaired) electrons. The summed E-state index contributed by atoms with van der Waals surface area (Å²) in [6.07, 6.45) is 1.12. The van der Waals surface area contributed by atoms with Crippen LogP contribution < -0.4 is 4.74 Å². The predicted octanol–water partition coefficient (Wildman–Crippen LogP) is 2.79. The summed E-state index contributed by atoms with van der Waals surface area (Å²) in [5, 5.41) is 11.0. The lowest BCUT2D eigenvalue weighted by molar-refractivity contribution is -0.385. The van der Waals surface area contributed by atoms with Gasteiger partial charge in [-0.1, -0.05) is 19.9 Å². The van der Waals surface area contributed by atoms with Gasteiger partial charge in [0, 0.05) is 19.2 Å². The van der Waals surface area contributed by atoms with Gasteiger partial charge in [-0.3, -0.25) is 14.9 Å². The van der Waals surface area contributed by atoms with Gasteiger partial charge in [-0.15, -0.1) is 0 Å². The summed E-state index contributed by atoms with van der Waals surface area (Å²) in [6, 6.07) is 4.73. The Morgan fingerprint density at radius 1 is 1.36 bits per heavy atom. The van der Waals surface area contributed by atoms with Gasteiger partial charge in [-0.05, 0) is 36.8 Å². The minimum Gasteiger partial charge on any atom is -0.477 e. The number of nitro groups is 1. The number of hydrogen-bond donors (Lipinski definition) is 0. The topological polar surface area (TPSA) is 72.7 Å². The van der Waals surface area contributed by atoms with Crippen molar-refractivity contribution in [2.75, 3.05) is 19.7 Å². The Morgan fingerprint density at radius 3 is 2.59 bits per heavy atom. The number of likely N-dealkylation sites (tertiary alicyclic amines) is 1. The summed E-state index contributed by atoms with van der Waals surface area (Å²) in [5.74, 6) is 0.971. The summed E-state index contributed by atoms with van der Waals surface area (Å²) in [4.78, 5) is 24.6. The molecule has 6 heteroatoms. The standard InChI is InChI=1S/C16H22N2O4/c1-11-4-5-15(14(7-11)18(20)21)22-10-16(19)17-8-12(2)6-13(3)9-17/h4-5,7,12-13H,6,8-10H2,1-3H3/t12-,13-/m0/s1. The van der Waals surface area contributed by atoms with Gasteiger partial charge in [0.05, 0.1) is 4.92 Å². The number of hydrogen-bond acceptors (Lipinski definition) is 4. The molecule has 0 unspecified atom stereocenters. The van der Waals surface area contributed by atoms with Gasteiger partial charge in [0.1, 0.15) is 0 Å². The Balaban J connectivity index is 2.01. The van der Waals surface area contributed by atoms with E-state index in [2.05, 4.69) is 13.8 Å². The van der Waals surface area contributed by atoms with Crippen LogP contribution in [0.2, 0.25) is 0 Å². The number of aryl methyl sites for hydroxylation is 1. The summed E-state index contributed by atoms with van der Waals surface area (Å²) < 4.78 is 5.41. The Bertz CT molecular complexity index is 563. The van der Waals surface area contributed by atoms with Crippen molar-refractivity contribution < 1.29 is 14.5 Å². The molecule has 0 aromatic heterocycles. The molecular formula is C16H22N2O4. The second-order valence-corrected chi connectivity index (χ2v) is 6.26. The lowest BCUT2D eigenvalue weighted by Crippen LogP contribution is -2.44. The molecule has 1 aromatic rings. The second kappa shape index (κ2) is 6.77. The molecule has 0 spiro atoms. The molecule has 1 saturated heterocycles. The highest BCUT2D eigenvalue weighted by atomic mass is 16.6. The van der Waals surface area contributed by atoms with E-state index in [0.717, 1.165) is 25.1 Å². The first-order chi connectivity index (χ1) is 10.4. The molecule has 0 aliphatic carbocycles. The van der Waals surface area contributed by atoms with Crippen LogP contribution in [0.25, 0.3) is 0 Å². The van der Waals surface area contributed by atoms with E-state index in [0.29, 0.717) is 11.8 Å². The molecule has 120 valence electrons. The molecule has 1 heterocycles. The van der Waals surface area contributed by atoms with Crippen LogP contribution in [0.4, 0.5) is 5.69 Å². The molecule has 22 heavy (non-hydrogen) atoms. The SMILES string of the molecule is Cc1ccc(OCC(=O)N2C[C@@H](C)C[C@H](C)C2)c([N+](=O)[O-])c1. The van der Waals surface area contributed by atoms with Crippen LogP contribution in [-0.2, 0) is 4.79 Å². The lowest BCUT2D eigenvalue weighted by Gasteiger charge is -2.34. The Labute approximate surface area is 130 Å². The van der Waals surface area contributed by atoms with Crippen LogP contribution in [0.3, 0.4) is 0 Å². The third-order valence-electron chi connectivity index (χ3n) is 3.88. The molecule has 1 aliphatic rings. The first-order valence-corrected chi connectivity index (χ1v) is 7.52. The van der Waals surface area contributed by atoms with Crippen molar-refractivity contribution in [2.24, 2.45) is 11.8 Å². The molecule has 2 rings (SSSR count). The fourth-order valence-electron chi connectivity index (χ4n) is 2.99. The number of nitro benzene ring substituents is 1. The monoisotopic (exact) mass is 306 g/mol. The molecule has 1 aliphatic heterocycles. The average Bonchev–Trinajstić information content (AvgIpc) is 2.44. The summed E-state index contributed by atoms with van der Waals surface area (Å²) >= 11 is 0. The van der Waals surface area contributed by atoms with Crippen LogP contribution >= 0.6 is 0 Å². The van der Waals surface area contributed by atoms with E-state index in [9.17, 15) is 14.9 Å². The van der Waals surface area contributed by atoms with Gasteiger partial charge >= 0.3 is 5.69 Å². The number of carbonyl (C=O) groups excluding carboxylic acids is 1. The molecule has 0 N–H and O–H groups in total. The molecule has 6 nitrogen and oxygen atoms in total. The number of piperidine rings is 1. The number of ether oxygens (including phenoxy) is 1. The highest BCUT2D eigenvalue weighted by Gasteiger charge is 2.26. The van der Waals surface area contributed by atoms with Crippen molar-refractivity contribution in [1.82, 2.24) is 4.90 Å². The molecule has 1 amide bonds. The van der Waals surface area contributed by atoms with Crippen LogP contribution in [-0.4, -0.2) is 35.4 Å². The van der Waals surface area contributed by atoms with Gasteiger partial charge < -0.3 is 9.64 Å². The van der Waals surface area contributed by atoms with E-state index in [1.807, 2.05) is 0 Å². The zero-order chi connectivity index (χ0) is 16.3. The highest BCUT2D eigenvalue weighted by Crippen LogP contribution is 2.28. The summed E-state index contributed by atoms with van der Waals surface area (Å²) in [6.45, 7) is 7.32. The normalized spacial score (nSPS) is 21.5. The van der Waals surface area contributed by atoms with Crippen LogP contribution in [0.15, 0.2) is 18.2 Å². The maximum Gasteiger partial charge on any atom is 0.311 e. The van der Waals surface area contributed by atoms with Crippen LogP contribution in [0.1, 0.15) is 25.8 Å². The van der Waals surface area contributed by atoms with Crippen LogP contribution in [0, 0.1) is 28.9 Å². The smallest absolute Gasteiger partial charge is 0.311 e. The number of amides is 1. The van der Waals surface area contributed by atoms with E-state index >= 15 is 0 Å². The van der Waals surface area contributed by atoms with Crippen molar-refractivity contribution in [3.8, 4) is 5.75 Å². The van der Waals surface area contributed by atoms with Crippen molar-refractivity contribution in [2.45, 2.75) is 27.2 Å².